The number of halogens is 2. The monoisotopic (exact) mass is 297 g/mol. The van der Waals surface area contributed by atoms with Crippen molar-refractivity contribution < 1.29 is 0 Å². The number of hydrogen-bond acceptors (Lipinski definition) is 2. The fraction of sp³-hybridized carbons (Fsp3) is 0.600. The molecule has 0 aromatic carbocycles. The summed E-state index contributed by atoms with van der Waals surface area (Å²) in [6.45, 7) is 6.49. The highest BCUT2D eigenvalue weighted by atomic mass is 79.9. The van der Waals surface area contributed by atoms with E-state index < -0.39 is 0 Å². The predicted octanol–water partition coefficient (Wildman–Crippen LogP) is 4.29. The Balaban J connectivity index is 0.00000169. The molecule has 0 saturated heterocycles. The van der Waals surface area contributed by atoms with E-state index in [0.717, 1.165) is 6.42 Å². The molecule has 1 heterocycles. The molecule has 2 atom stereocenters. The minimum absolute atomic E-state index is 0. The third kappa shape index (κ3) is 3.23. The number of nitrogens with two attached hydrogens (primary N) is 1. The molecule has 1 aromatic rings. The van der Waals surface area contributed by atoms with Crippen LogP contribution in [0.15, 0.2) is 9.85 Å². The van der Waals surface area contributed by atoms with E-state index in [1.807, 2.05) is 0 Å². The lowest BCUT2D eigenvalue weighted by molar-refractivity contribution is 0.462. The molecule has 1 aromatic heterocycles. The highest BCUT2D eigenvalue weighted by Crippen LogP contribution is 2.33. The lowest BCUT2D eigenvalue weighted by atomic mass is 9.99. The van der Waals surface area contributed by atoms with Crippen LogP contribution in [-0.2, 0) is 0 Å². The first kappa shape index (κ1) is 14.4. The summed E-state index contributed by atoms with van der Waals surface area (Å²) in [4.78, 5) is 1.29. The van der Waals surface area contributed by atoms with Crippen molar-refractivity contribution in [3.63, 3.8) is 0 Å². The van der Waals surface area contributed by atoms with Crippen LogP contribution in [0, 0.1) is 12.8 Å². The second-order valence-corrected chi connectivity index (χ2v) is 5.92. The maximum absolute atomic E-state index is 6.12. The molecule has 0 radical (unpaired) electrons. The van der Waals surface area contributed by atoms with Crippen LogP contribution in [0.25, 0.3) is 0 Å². The Morgan fingerprint density at radius 3 is 2.50 bits per heavy atom. The molecule has 0 fully saturated rings. The minimum atomic E-state index is 0. The van der Waals surface area contributed by atoms with Crippen LogP contribution in [0.1, 0.15) is 36.8 Å². The van der Waals surface area contributed by atoms with Gasteiger partial charge in [0.15, 0.2) is 0 Å². The molecule has 0 aliphatic rings. The zero-order valence-corrected chi connectivity index (χ0v) is 11.9. The van der Waals surface area contributed by atoms with Gasteiger partial charge in [0, 0.05) is 10.9 Å². The molecule has 0 aliphatic heterocycles. The van der Waals surface area contributed by atoms with Crippen LogP contribution >= 0.6 is 39.7 Å². The molecule has 2 N–H and O–H groups in total. The fourth-order valence-corrected chi connectivity index (χ4v) is 2.89. The number of aryl methyl sites for hydroxylation is 1. The van der Waals surface area contributed by atoms with E-state index in [1.54, 1.807) is 11.3 Å². The summed E-state index contributed by atoms with van der Waals surface area (Å²) in [6.07, 6.45) is 1.13. The quantitative estimate of drug-likeness (QED) is 0.885. The first-order chi connectivity index (χ1) is 6.06. The molecular weight excluding hydrogens is 282 g/mol. The molecule has 1 unspecified atom stereocenters. The van der Waals surface area contributed by atoms with Gasteiger partial charge in [-0.15, -0.1) is 23.7 Å². The van der Waals surface area contributed by atoms with Gasteiger partial charge < -0.3 is 5.73 Å². The Kier molecular flexibility index (Phi) is 6.30. The number of hydrogen-bond donors (Lipinski definition) is 1. The van der Waals surface area contributed by atoms with E-state index in [2.05, 4.69) is 42.8 Å². The van der Waals surface area contributed by atoms with Crippen molar-refractivity contribution in [2.75, 3.05) is 0 Å². The van der Waals surface area contributed by atoms with Crippen molar-refractivity contribution in [1.82, 2.24) is 0 Å². The van der Waals surface area contributed by atoms with Crippen LogP contribution in [-0.4, -0.2) is 0 Å². The van der Waals surface area contributed by atoms with Crippen molar-refractivity contribution in [3.8, 4) is 0 Å². The zero-order valence-electron chi connectivity index (χ0n) is 8.71. The first-order valence-corrected chi connectivity index (χ1v) is 6.18. The highest BCUT2D eigenvalue weighted by molar-refractivity contribution is 9.11. The Morgan fingerprint density at radius 2 is 2.14 bits per heavy atom. The van der Waals surface area contributed by atoms with Crippen LogP contribution in [0.4, 0.5) is 0 Å². The Bertz CT molecular complexity index is 268. The van der Waals surface area contributed by atoms with E-state index in [-0.39, 0.29) is 18.4 Å². The average molecular weight is 299 g/mol. The average Bonchev–Trinajstić information content (AvgIpc) is 2.44. The summed E-state index contributed by atoms with van der Waals surface area (Å²) in [5.74, 6) is 0.560. The van der Waals surface area contributed by atoms with E-state index in [0.29, 0.717) is 5.92 Å². The molecule has 0 amide bonds. The van der Waals surface area contributed by atoms with E-state index in [9.17, 15) is 0 Å². The third-order valence-corrected chi connectivity index (χ3v) is 4.70. The molecule has 0 saturated carbocycles. The van der Waals surface area contributed by atoms with Gasteiger partial charge in [0.1, 0.15) is 0 Å². The molecule has 1 nitrogen and oxygen atoms in total. The van der Waals surface area contributed by atoms with Gasteiger partial charge in [0.05, 0.1) is 3.79 Å². The molecule has 0 aliphatic carbocycles. The first-order valence-electron chi connectivity index (χ1n) is 4.57. The van der Waals surface area contributed by atoms with Gasteiger partial charge in [-0.05, 0) is 40.4 Å². The molecule has 0 spiro atoms. The van der Waals surface area contributed by atoms with Gasteiger partial charge in [0.2, 0.25) is 0 Å². The summed E-state index contributed by atoms with van der Waals surface area (Å²) in [6, 6.07) is 2.38. The van der Waals surface area contributed by atoms with Gasteiger partial charge in [-0.1, -0.05) is 20.3 Å². The van der Waals surface area contributed by atoms with Gasteiger partial charge in [0.25, 0.3) is 0 Å². The van der Waals surface area contributed by atoms with Crippen molar-refractivity contribution in [2.45, 2.75) is 33.2 Å². The predicted molar refractivity (Wildman–Crippen MR) is 70.4 cm³/mol. The number of rotatable bonds is 3. The van der Waals surface area contributed by atoms with Crippen LogP contribution in [0.3, 0.4) is 0 Å². The lowest BCUT2D eigenvalue weighted by Crippen LogP contribution is -2.17. The summed E-state index contributed by atoms with van der Waals surface area (Å²) < 4.78 is 1.21. The third-order valence-electron chi connectivity index (χ3n) is 2.46. The Hall–Kier alpha value is 0.430. The summed E-state index contributed by atoms with van der Waals surface area (Å²) in [5, 5.41) is 0. The van der Waals surface area contributed by atoms with Crippen LogP contribution < -0.4 is 5.73 Å². The van der Waals surface area contributed by atoms with Gasteiger partial charge in [-0.2, -0.15) is 0 Å². The minimum Gasteiger partial charge on any atom is -0.323 e. The van der Waals surface area contributed by atoms with E-state index in [4.69, 9.17) is 5.73 Å². The fourth-order valence-electron chi connectivity index (χ4n) is 1.18. The number of thiophene rings is 1. The van der Waals surface area contributed by atoms with Crippen molar-refractivity contribution >= 4 is 39.7 Å². The molecule has 1 rings (SSSR count). The van der Waals surface area contributed by atoms with Crippen molar-refractivity contribution in [2.24, 2.45) is 11.7 Å². The standard InChI is InChI=1S/C10H16BrNS.ClH/c1-4-6(2)9(12)8-5-7(3)10(11)13-8;/h5-6,9H,4,12H2,1-3H3;1H/t6?,9-;/m1./s1. The maximum atomic E-state index is 6.12. The molecule has 4 heteroatoms. The molecular formula is C10H17BrClNS. The van der Waals surface area contributed by atoms with E-state index >= 15 is 0 Å². The molecule has 82 valence electrons. The second-order valence-electron chi connectivity index (χ2n) is 3.52. The van der Waals surface area contributed by atoms with Gasteiger partial charge in [-0.25, -0.2) is 0 Å². The van der Waals surface area contributed by atoms with Crippen molar-refractivity contribution in [1.29, 1.82) is 0 Å². The normalized spacial score (nSPS) is 14.6. The summed E-state index contributed by atoms with van der Waals surface area (Å²) >= 11 is 5.28. The van der Waals surface area contributed by atoms with Crippen LogP contribution in [0.2, 0.25) is 0 Å². The summed E-state index contributed by atoms with van der Waals surface area (Å²) in [7, 11) is 0. The lowest BCUT2D eigenvalue weighted by Gasteiger charge is -2.16. The zero-order chi connectivity index (χ0) is 10.0. The highest BCUT2D eigenvalue weighted by Gasteiger charge is 2.16. The Labute approximate surface area is 105 Å². The van der Waals surface area contributed by atoms with E-state index in [1.165, 1.54) is 14.2 Å². The van der Waals surface area contributed by atoms with Gasteiger partial charge in [-0.3, -0.25) is 0 Å². The largest absolute Gasteiger partial charge is 0.323 e. The SMILES string of the molecule is CCC(C)[C@@H](N)c1cc(C)c(Br)s1.Cl. The van der Waals surface area contributed by atoms with Gasteiger partial charge >= 0.3 is 0 Å². The summed E-state index contributed by atoms with van der Waals surface area (Å²) in [5.41, 5.74) is 7.41. The Morgan fingerprint density at radius 1 is 1.57 bits per heavy atom. The second kappa shape index (κ2) is 6.11. The van der Waals surface area contributed by atoms with Crippen molar-refractivity contribution in [3.05, 3.63) is 20.3 Å². The molecule has 0 bridgehead atoms. The maximum Gasteiger partial charge on any atom is 0.0731 e. The molecule has 14 heavy (non-hydrogen) atoms. The van der Waals surface area contributed by atoms with Crippen LogP contribution in [0.5, 0.6) is 0 Å². The topological polar surface area (TPSA) is 26.0 Å². The smallest absolute Gasteiger partial charge is 0.0731 e.